The first-order valence-corrected chi connectivity index (χ1v) is 7.09. The molecule has 0 saturated heterocycles. The lowest BCUT2D eigenvalue weighted by Crippen LogP contribution is -2.35. The normalized spacial score (nSPS) is 15.7. The van der Waals surface area contributed by atoms with Crippen molar-refractivity contribution in [2.24, 2.45) is 5.92 Å². The van der Waals surface area contributed by atoms with Crippen LogP contribution in [0.15, 0.2) is 12.5 Å². The molecule has 0 fully saturated rings. The van der Waals surface area contributed by atoms with Gasteiger partial charge in [0.15, 0.2) is 0 Å². The fourth-order valence-electron chi connectivity index (χ4n) is 2.08. The Morgan fingerprint density at radius 1 is 1.33 bits per heavy atom. The maximum absolute atomic E-state index is 4.30. The van der Waals surface area contributed by atoms with Gasteiger partial charge in [-0.05, 0) is 40.0 Å². The van der Waals surface area contributed by atoms with Crippen molar-refractivity contribution < 1.29 is 0 Å². The molecule has 2 atom stereocenters. The summed E-state index contributed by atoms with van der Waals surface area (Å²) in [5, 5.41) is 3.53. The Balaban J connectivity index is 2.64. The largest absolute Gasteiger partial charge is 0.331 e. The third-order valence-electron chi connectivity index (χ3n) is 3.46. The van der Waals surface area contributed by atoms with Gasteiger partial charge in [0, 0.05) is 24.3 Å². The number of aromatic nitrogens is 2. The summed E-state index contributed by atoms with van der Waals surface area (Å²) >= 11 is 0. The Morgan fingerprint density at radius 3 is 2.56 bits per heavy atom. The van der Waals surface area contributed by atoms with Crippen LogP contribution in [0.25, 0.3) is 0 Å². The molecule has 1 rings (SSSR count). The molecule has 0 aromatic carbocycles. The summed E-state index contributed by atoms with van der Waals surface area (Å²) in [4.78, 5) is 4.30. The fraction of sp³-hybridized carbons (Fsp3) is 0.800. The molecular formula is C15H29N3. The molecule has 1 heterocycles. The van der Waals surface area contributed by atoms with Crippen LogP contribution in [0.2, 0.25) is 0 Å². The second kappa shape index (κ2) is 6.37. The zero-order chi connectivity index (χ0) is 13.8. The number of hydrogen-bond donors (Lipinski definition) is 1. The van der Waals surface area contributed by atoms with E-state index in [1.54, 1.807) is 0 Å². The number of nitrogens with zero attached hydrogens (tertiary/aromatic N) is 2. The Hall–Kier alpha value is -0.830. The van der Waals surface area contributed by atoms with Crippen LogP contribution in [0.4, 0.5) is 0 Å². The second-order valence-corrected chi connectivity index (χ2v) is 6.49. The van der Waals surface area contributed by atoms with Gasteiger partial charge in [-0.15, -0.1) is 0 Å². The molecule has 18 heavy (non-hydrogen) atoms. The molecule has 104 valence electrons. The Kier molecular flexibility index (Phi) is 5.39. The quantitative estimate of drug-likeness (QED) is 0.834. The molecule has 3 nitrogen and oxygen atoms in total. The number of nitrogens with one attached hydrogen (secondary N) is 1. The maximum Gasteiger partial charge on any atom is 0.0951 e. The van der Waals surface area contributed by atoms with Gasteiger partial charge in [-0.2, -0.15) is 0 Å². The Morgan fingerprint density at radius 2 is 2.00 bits per heavy atom. The Labute approximate surface area is 112 Å². The standard InChI is InChI=1S/C15H29N3/c1-7-12(2)8-13(3)18-11-16-9-14(18)10-17-15(4,5)6/h9,11-13,17H,7-8,10H2,1-6H3. The lowest BCUT2D eigenvalue weighted by molar-refractivity contribution is 0.374. The molecular weight excluding hydrogens is 222 g/mol. The molecule has 0 aliphatic heterocycles. The summed E-state index contributed by atoms with van der Waals surface area (Å²) in [6, 6.07) is 0.527. The highest BCUT2D eigenvalue weighted by Gasteiger charge is 2.14. The molecule has 0 aliphatic carbocycles. The monoisotopic (exact) mass is 251 g/mol. The molecule has 1 aromatic rings. The molecule has 0 radical (unpaired) electrons. The van der Waals surface area contributed by atoms with Crippen molar-refractivity contribution >= 4 is 0 Å². The highest BCUT2D eigenvalue weighted by Crippen LogP contribution is 2.21. The zero-order valence-corrected chi connectivity index (χ0v) is 12.8. The van der Waals surface area contributed by atoms with Gasteiger partial charge < -0.3 is 9.88 Å². The summed E-state index contributed by atoms with van der Waals surface area (Å²) in [7, 11) is 0. The minimum atomic E-state index is 0.148. The third-order valence-corrected chi connectivity index (χ3v) is 3.46. The molecule has 1 N–H and O–H groups in total. The van der Waals surface area contributed by atoms with E-state index in [0.29, 0.717) is 6.04 Å². The van der Waals surface area contributed by atoms with Crippen LogP contribution < -0.4 is 5.32 Å². The first-order valence-electron chi connectivity index (χ1n) is 7.09. The number of imidazole rings is 1. The molecule has 2 unspecified atom stereocenters. The zero-order valence-electron chi connectivity index (χ0n) is 12.8. The summed E-state index contributed by atoms with van der Waals surface area (Å²) in [6.45, 7) is 14.3. The topological polar surface area (TPSA) is 29.9 Å². The third kappa shape index (κ3) is 4.81. The summed E-state index contributed by atoms with van der Waals surface area (Å²) in [5.41, 5.74) is 1.43. The highest BCUT2D eigenvalue weighted by atomic mass is 15.1. The molecule has 0 saturated carbocycles. The van der Waals surface area contributed by atoms with E-state index in [1.165, 1.54) is 18.5 Å². The molecule has 0 amide bonds. The number of hydrogen-bond acceptors (Lipinski definition) is 2. The van der Waals surface area contributed by atoms with Crippen LogP contribution in [0.1, 0.15) is 66.1 Å². The second-order valence-electron chi connectivity index (χ2n) is 6.49. The van der Waals surface area contributed by atoms with Crippen LogP contribution in [-0.4, -0.2) is 15.1 Å². The molecule has 0 aliphatic rings. The first kappa shape index (κ1) is 15.2. The average molecular weight is 251 g/mol. The average Bonchev–Trinajstić information content (AvgIpc) is 2.73. The van der Waals surface area contributed by atoms with Gasteiger partial charge in [0.25, 0.3) is 0 Å². The van der Waals surface area contributed by atoms with E-state index < -0.39 is 0 Å². The van der Waals surface area contributed by atoms with Crippen molar-refractivity contribution in [2.75, 3.05) is 0 Å². The SMILES string of the molecule is CCC(C)CC(C)n1cncc1CNC(C)(C)C. The van der Waals surface area contributed by atoms with Crippen molar-refractivity contribution in [2.45, 2.75) is 72.5 Å². The smallest absolute Gasteiger partial charge is 0.0951 e. The van der Waals surface area contributed by atoms with Crippen LogP contribution in [0.5, 0.6) is 0 Å². The van der Waals surface area contributed by atoms with Gasteiger partial charge in [-0.3, -0.25) is 0 Å². The van der Waals surface area contributed by atoms with Crippen molar-refractivity contribution in [3.63, 3.8) is 0 Å². The molecule has 1 aromatic heterocycles. The van der Waals surface area contributed by atoms with E-state index in [4.69, 9.17) is 0 Å². The van der Waals surface area contributed by atoms with Crippen LogP contribution in [-0.2, 0) is 6.54 Å². The van der Waals surface area contributed by atoms with Gasteiger partial charge in [-0.1, -0.05) is 20.3 Å². The van der Waals surface area contributed by atoms with Crippen LogP contribution >= 0.6 is 0 Å². The van der Waals surface area contributed by atoms with E-state index in [0.717, 1.165) is 12.5 Å². The molecule has 3 heteroatoms. The number of rotatable bonds is 6. The van der Waals surface area contributed by atoms with Gasteiger partial charge in [-0.25, -0.2) is 4.98 Å². The van der Waals surface area contributed by atoms with Gasteiger partial charge in [0.1, 0.15) is 0 Å². The van der Waals surface area contributed by atoms with E-state index in [1.807, 2.05) is 12.5 Å². The summed E-state index contributed by atoms with van der Waals surface area (Å²) in [5.74, 6) is 0.769. The van der Waals surface area contributed by atoms with Crippen molar-refractivity contribution in [1.82, 2.24) is 14.9 Å². The van der Waals surface area contributed by atoms with E-state index >= 15 is 0 Å². The maximum atomic E-state index is 4.30. The van der Waals surface area contributed by atoms with Crippen molar-refractivity contribution in [3.05, 3.63) is 18.2 Å². The highest BCUT2D eigenvalue weighted by molar-refractivity contribution is 5.00. The van der Waals surface area contributed by atoms with Gasteiger partial charge in [0.05, 0.1) is 12.0 Å². The predicted molar refractivity (Wildman–Crippen MR) is 77.6 cm³/mol. The van der Waals surface area contributed by atoms with Gasteiger partial charge >= 0.3 is 0 Å². The van der Waals surface area contributed by atoms with E-state index in [9.17, 15) is 0 Å². The van der Waals surface area contributed by atoms with Crippen molar-refractivity contribution in [1.29, 1.82) is 0 Å². The van der Waals surface area contributed by atoms with E-state index in [-0.39, 0.29) is 5.54 Å². The summed E-state index contributed by atoms with van der Waals surface area (Å²) in [6.07, 6.45) is 6.41. The lowest BCUT2D eigenvalue weighted by atomic mass is 10.00. The van der Waals surface area contributed by atoms with E-state index in [2.05, 4.69) is 56.4 Å². The first-order chi connectivity index (χ1) is 8.33. The minimum absolute atomic E-state index is 0.148. The molecule has 0 bridgehead atoms. The van der Waals surface area contributed by atoms with Gasteiger partial charge in [0.2, 0.25) is 0 Å². The predicted octanol–water partition coefficient (Wildman–Crippen LogP) is 3.77. The van der Waals surface area contributed by atoms with Crippen LogP contribution in [0, 0.1) is 5.92 Å². The molecule has 0 spiro atoms. The Bertz CT molecular complexity index is 349. The minimum Gasteiger partial charge on any atom is -0.331 e. The van der Waals surface area contributed by atoms with Crippen LogP contribution in [0.3, 0.4) is 0 Å². The summed E-state index contributed by atoms with van der Waals surface area (Å²) < 4.78 is 2.31. The fourth-order valence-corrected chi connectivity index (χ4v) is 2.08. The van der Waals surface area contributed by atoms with Crippen molar-refractivity contribution in [3.8, 4) is 0 Å². The lowest BCUT2D eigenvalue weighted by Gasteiger charge is -2.23.